The van der Waals surface area contributed by atoms with Crippen molar-refractivity contribution in [2.45, 2.75) is 91.4 Å². The number of benzene rings is 1. The van der Waals surface area contributed by atoms with Gasteiger partial charge in [-0.1, -0.05) is 85.9 Å². The largest absolute Gasteiger partial charge is 0.0590 e. The SMILES string of the molecule is CC1([CH]c2ccc(C(C)(C)C)cc2C(C)(C)C)CCCCC1. The molecule has 0 nitrogen and oxygen atoms in total. The zero-order valence-electron chi connectivity index (χ0n) is 15.8. The van der Waals surface area contributed by atoms with Crippen LogP contribution in [-0.4, -0.2) is 0 Å². The minimum atomic E-state index is 0.193. The van der Waals surface area contributed by atoms with Crippen LogP contribution in [0, 0.1) is 11.8 Å². The maximum absolute atomic E-state index is 2.58. The molecule has 0 N–H and O–H groups in total. The third kappa shape index (κ3) is 4.15. The van der Waals surface area contributed by atoms with Gasteiger partial charge < -0.3 is 0 Å². The molecule has 0 unspecified atom stereocenters. The Labute approximate surface area is 138 Å². The quantitative estimate of drug-likeness (QED) is 0.563. The molecule has 22 heavy (non-hydrogen) atoms. The van der Waals surface area contributed by atoms with E-state index in [1.54, 1.807) is 0 Å². The highest BCUT2D eigenvalue weighted by Gasteiger charge is 2.30. The van der Waals surface area contributed by atoms with Crippen molar-refractivity contribution in [2.24, 2.45) is 5.41 Å². The average molecular weight is 300 g/mol. The highest BCUT2D eigenvalue weighted by Crippen LogP contribution is 2.42. The van der Waals surface area contributed by atoms with Crippen LogP contribution in [0.3, 0.4) is 0 Å². The van der Waals surface area contributed by atoms with Crippen LogP contribution in [0.2, 0.25) is 0 Å². The summed E-state index contributed by atoms with van der Waals surface area (Å²) in [5.74, 6) is 0. The zero-order chi connectivity index (χ0) is 16.6. The first-order chi connectivity index (χ1) is 10.0. The molecular formula is C22H35. The summed E-state index contributed by atoms with van der Waals surface area (Å²) in [6.45, 7) is 16.4. The van der Waals surface area contributed by atoms with Crippen LogP contribution >= 0.6 is 0 Å². The van der Waals surface area contributed by atoms with E-state index >= 15 is 0 Å². The van der Waals surface area contributed by atoms with Gasteiger partial charge >= 0.3 is 0 Å². The molecule has 0 aromatic heterocycles. The predicted octanol–water partition coefficient (Wildman–Crippen LogP) is 6.80. The Hall–Kier alpha value is -0.780. The van der Waals surface area contributed by atoms with Gasteiger partial charge in [-0.05, 0) is 52.2 Å². The Morgan fingerprint density at radius 2 is 1.45 bits per heavy atom. The van der Waals surface area contributed by atoms with Crippen LogP contribution in [0.1, 0.15) is 97.3 Å². The van der Waals surface area contributed by atoms with Crippen LogP contribution in [-0.2, 0) is 10.8 Å². The van der Waals surface area contributed by atoms with Crippen molar-refractivity contribution in [3.63, 3.8) is 0 Å². The summed E-state index contributed by atoms with van der Waals surface area (Å²) < 4.78 is 0. The maximum Gasteiger partial charge on any atom is -0.00309 e. The molecule has 1 aliphatic carbocycles. The first kappa shape index (κ1) is 17.6. The maximum atomic E-state index is 2.58. The van der Waals surface area contributed by atoms with Gasteiger partial charge in [0.15, 0.2) is 0 Å². The van der Waals surface area contributed by atoms with Gasteiger partial charge in [-0.15, -0.1) is 0 Å². The van der Waals surface area contributed by atoms with E-state index in [1.807, 2.05) is 0 Å². The minimum Gasteiger partial charge on any atom is -0.0590 e. The summed E-state index contributed by atoms with van der Waals surface area (Å²) in [7, 11) is 0. The van der Waals surface area contributed by atoms with Crippen molar-refractivity contribution >= 4 is 0 Å². The van der Waals surface area contributed by atoms with E-state index < -0.39 is 0 Å². The molecule has 1 saturated carbocycles. The first-order valence-electron chi connectivity index (χ1n) is 9.02. The van der Waals surface area contributed by atoms with E-state index in [0.717, 1.165) is 0 Å². The second kappa shape index (κ2) is 6.02. The molecule has 0 atom stereocenters. The Kier molecular flexibility index (Phi) is 4.81. The second-order valence-corrected chi connectivity index (χ2v) is 9.66. The molecule has 1 aliphatic rings. The van der Waals surface area contributed by atoms with Crippen LogP contribution in [0.5, 0.6) is 0 Å². The van der Waals surface area contributed by atoms with Gasteiger partial charge in [-0.3, -0.25) is 0 Å². The van der Waals surface area contributed by atoms with Gasteiger partial charge in [0, 0.05) is 0 Å². The highest BCUT2D eigenvalue weighted by molar-refractivity contribution is 5.43. The molecule has 2 rings (SSSR count). The van der Waals surface area contributed by atoms with Gasteiger partial charge in [0.2, 0.25) is 0 Å². The van der Waals surface area contributed by atoms with E-state index in [4.69, 9.17) is 0 Å². The fourth-order valence-electron chi connectivity index (χ4n) is 3.68. The summed E-state index contributed by atoms with van der Waals surface area (Å²) in [6, 6.07) is 7.17. The molecule has 0 aliphatic heterocycles. The molecule has 0 spiro atoms. The Balaban J connectivity index is 2.38. The fraction of sp³-hybridized carbons (Fsp3) is 0.682. The van der Waals surface area contributed by atoms with Crippen LogP contribution < -0.4 is 0 Å². The van der Waals surface area contributed by atoms with Crippen molar-refractivity contribution in [1.82, 2.24) is 0 Å². The summed E-state index contributed by atoms with van der Waals surface area (Å²) in [6.07, 6.45) is 9.46. The smallest absolute Gasteiger partial charge is 0.00309 e. The van der Waals surface area contributed by atoms with E-state index in [9.17, 15) is 0 Å². The Bertz CT molecular complexity index is 502. The normalized spacial score (nSPS) is 19.2. The van der Waals surface area contributed by atoms with Crippen LogP contribution in [0.25, 0.3) is 0 Å². The lowest BCUT2D eigenvalue weighted by atomic mass is 9.69. The monoisotopic (exact) mass is 299 g/mol. The van der Waals surface area contributed by atoms with Gasteiger partial charge in [0.05, 0.1) is 0 Å². The number of rotatable bonds is 2. The molecule has 1 fully saturated rings. The molecule has 1 aromatic rings. The number of hydrogen-bond acceptors (Lipinski definition) is 0. The second-order valence-electron chi connectivity index (χ2n) is 9.66. The molecule has 0 heteroatoms. The first-order valence-corrected chi connectivity index (χ1v) is 9.02. The van der Waals surface area contributed by atoms with Crippen molar-refractivity contribution in [3.05, 3.63) is 41.3 Å². The van der Waals surface area contributed by atoms with Gasteiger partial charge in [-0.2, -0.15) is 0 Å². The van der Waals surface area contributed by atoms with Gasteiger partial charge in [0.1, 0.15) is 0 Å². The molecule has 1 aromatic carbocycles. The standard InChI is InChI=1S/C22H35/c1-20(2,3)18-12-11-17(19(15-18)21(4,5)6)16-22(7)13-9-8-10-14-22/h11-12,15-16H,8-10,13-14H2,1-7H3. The summed E-state index contributed by atoms with van der Waals surface area (Å²) in [5, 5.41) is 0. The number of hydrogen-bond donors (Lipinski definition) is 0. The lowest BCUT2D eigenvalue weighted by molar-refractivity contribution is 0.266. The summed E-state index contributed by atoms with van der Waals surface area (Å²) >= 11 is 0. The lowest BCUT2D eigenvalue weighted by Crippen LogP contribution is -2.24. The van der Waals surface area contributed by atoms with Crippen LogP contribution in [0.15, 0.2) is 18.2 Å². The molecular weight excluding hydrogens is 264 g/mol. The third-order valence-corrected chi connectivity index (χ3v) is 5.23. The Morgan fingerprint density at radius 3 is 1.95 bits per heavy atom. The van der Waals surface area contributed by atoms with E-state index in [-0.39, 0.29) is 10.8 Å². The molecule has 0 bridgehead atoms. The van der Waals surface area contributed by atoms with Gasteiger partial charge in [0.25, 0.3) is 0 Å². The van der Waals surface area contributed by atoms with Crippen LogP contribution in [0.4, 0.5) is 0 Å². The molecule has 123 valence electrons. The van der Waals surface area contributed by atoms with E-state index in [0.29, 0.717) is 5.41 Å². The van der Waals surface area contributed by atoms with Crippen molar-refractivity contribution in [3.8, 4) is 0 Å². The van der Waals surface area contributed by atoms with E-state index in [2.05, 4.69) is 73.1 Å². The van der Waals surface area contributed by atoms with Crippen molar-refractivity contribution in [1.29, 1.82) is 0 Å². The van der Waals surface area contributed by atoms with Crippen molar-refractivity contribution in [2.75, 3.05) is 0 Å². The predicted molar refractivity (Wildman–Crippen MR) is 98.4 cm³/mol. The highest BCUT2D eigenvalue weighted by atomic mass is 14.3. The Morgan fingerprint density at radius 1 is 0.864 bits per heavy atom. The topological polar surface area (TPSA) is 0 Å². The minimum absolute atomic E-state index is 0.193. The zero-order valence-corrected chi connectivity index (χ0v) is 15.8. The molecule has 0 amide bonds. The molecule has 0 saturated heterocycles. The van der Waals surface area contributed by atoms with Crippen molar-refractivity contribution < 1.29 is 0 Å². The fourth-order valence-corrected chi connectivity index (χ4v) is 3.68. The summed E-state index contributed by atoms with van der Waals surface area (Å²) in [5.41, 5.74) is 5.22. The molecule has 1 radical (unpaired) electrons. The molecule has 0 heterocycles. The average Bonchev–Trinajstić information content (AvgIpc) is 2.36. The summed E-state index contributed by atoms with van der Waals surface area (Å²) in [4.78, 5) is 0. The third-order valence-electron chi connectivity index (χ3n) is 5.23. The lowest BCUT2D eigenvalue weighted by Gasteiger charge is -2.36. The van der Waals surface area contributed by atoms with Gasteiger partial charge in [-0.25, -0.2) is 0 Å². The van der Waals surface area contributed by atoms with E-state index in [1.165, 1.54) is 48.8 Å².